The Morgan fingerprint density at radius 2 is 2.05 bits per heavy atom. The van der Waals surface area contributed by atoms with Crippen molar-refractivity contribution < 1.29 is 9.18 Å². The van der Waals surface area contributed by atoms with E-state index in [4.69, 9.17) is 0 Å². The fourth-order valence-electron chi connectivity index (χ4n) is 2.76. The lowest BCUT2D eigenvalue weighted by atomic mass is 9.94. The van der Waals surface area contributed by atoms with E-state index in [0.29, 0.717) is 18.4 Å². The van der Waals surface area contributed by atoms with Crippen molar-refractivity contribution in [3.63, 3.8) is 0 Å². The summed E-state index contributed by atoms with van der Waals surface area (Å²) in [7, 11) is 0. The third kappa shape index (κ3) is 3.86. The molecule has 1 saturated carbocycles. The number of alkyl halides is 1. The third-order valence-electron chi connectivity index (χ3n) is 3.80. The Morgan fingerprint density at radius 3 is 2.62 bits per heavy atom. The van der Waals surface area contributed by atoms with E-state index >= 15 is 0 Å². The zero-order valence-electron chi connectivity index (χ0n) is 12.5. The van der Waals surface area contributed by atoms with Crippen LogP contribution in [0.1, 0.15) is 57.9 Å². The molecule has 116 valence electrons. The smallest absolute Gasteiger partial charge is 0.234 e. The van der Waals surface area contributed by atoms with Crippen LogP contribution in [0, 0.1) is 0 Å². The number of rotatable bonds is 6. The van der Waals surface area contributed by atoms with Gasteiger partial charge in [0.2, 0.25) is 18.3 Å². The van der Waals surface area contributed by atoms with E-state index in [2.05, 4.69) is 25.2 Å². The van der Waals surface area contributed by atoms with E-state index in [-0.39, 0.29) is 11.8 Å². The fourth-order valence-corrected chi connectivity index (χ4v) is 2.76. The van der Waals surface area contributed by atoms with Gasteiger partial charge in [0.05, 0.1) is 0 Å². The number of hydrogen-bond donors (Lipinski definition) is 1. The van der Waals surface area contributed by atoms with Gasteiger partial charge in [-0.3, -0.25) is 10.1 Å². The molecule has 1 fully saturated rings. The minimum atomic E-state index is -1.30. The molecule has 0 radical (unpaired) electrons. The van der Waals surface area contributed by atoms with Crippen LogP contribution in [0.4, 0.5) is 16.3 Å². The van der Waals surface area contributed by atoms with Crippen LogP contribution in [0.3, 0.4) is 0 Å². The van der Waals surface area contributed by atoms with Crippen LogP contribution >= 0.6 is 0 Å². The zero-order chi connectivity index (χ0) is 15.2. The van der Waals surface area contributed by atoms with Crippen LogP contribution in [0.25, 0.3) is 0 Å². The second-order valence-corrected chi connectivity index (χ2v) is 5.27. The first-order chi connectivity index (χ1) is 10.2. The summed E-state index contributed by atoms with van der Waals surface area (Å²) < 4.78 is 13.6. The van der Waals surface area contributed by atoms with Crippen molar-refractivity contribution in [2.24, 2.45) is 0 Å². The molecule has 6 nitrogen and oxygen atoms in total. The lowest BCUT2D eigenvalue weighted by Gasteiger charge is -2.33. The highest BCUT2D eigenvalue weighted by atomic mass is 19.1. The highest BCUT2D eigenvalue weighted by molar-refractivity contribution is 5.67. The standard InChI is InChI=1S/C14H22FN5O/c1-3-20(11-7-5-4-6-8-11)14-18-12(10(2)15)17-13(19-14)16-9-21/h9-11H,3-8H2,1-2H3,(H,16,17,18,19,21). The molecule has 2 rings (SSSR count). The van der Waals surface area contributed by atoms with Crippen molar-refractivity contribution in [3.8, 4) is 0 Å². The lowest BCUT2D eigenvalue weighted by molar-refractivity contribution is -0.105. The molecule has 1 unspecified atom stereocenters. The molecular formula is C14H22FN5O. The molecule has 1 aliphatic rings. The average Bonchev–Trinajstić information content (AvgIpc) is 2.49. The normalized spacial score (nSPS) is 17.3. The van der Waals surface area contributed by atoms with Gasteiger partial charge in [0.15, 0.2) is 12.0 Å². The van der Waals surface area contributed by atoms with Gasteiger partial charge in [0.1, 0.15) is 0 Å². The van der Waals surface area contributed by atoms with Crippen molar-refractivity contribution in [1.82, 2.24) is 15.0 Å². The van der Waals surface area contributed by atoms with Gasteiger partial charge in [-0.15, -0.1) is 0 Å². The summed E-state index contributed by atoms with van der Waals surface area (Å²) >= 11 is 0. The number of halogens is 1. The van der Waals surface area contributed by atoms with Crippen molar-refractivity contribution in [1.29, 1.82) is 0 Å². The minimum Gasteiger partial charge on any atom is -0.338 e. The first-order valence-corrected chi connectivity index (χ1v) is 7.52. The molecular weight excluding hydrogens is 273 g/mol. The largest absolute Gasteiger partial charge is 0.338 e. The number of aromatic nitrogens is 3. The topological polar surface area (TPSA) is 71.0 Å². The summed E-state index contributed by atoms with van der Waals surface area (Å²) in [5.41, 5.74) is 0. The summed E-state index contributed by atoms with van der Waals surface area (Å²) in [4.78, 5) is 25.1. The molecule has 1 aromatic heterocycles. The third-order valence-corrected chi connectivity index (χ3v) is 3.80. The molecule has 0 aromatic carbocycles. The first kappa shape index (κ1) is 15.6. The molecule has 1 amide bonds. The second-order valence-electron chi connectivity index (χ2n) is 5.27. The summed E-state index contributed by atoms with van der Waals surface area (Å²) in [5, 5.41) is 2.39. The first-order valence-electron chi connectivity index (χ1n) is 7.52. The van der Waals surface area contributed by atoms with Gasteiger partial charge in [0.25, 0.3) is 0 Å². The van der Waals surface area contributed by atoms with Gasteiger partial charge >= 0.3 is 0 Å². The highest BCUT2D eigenvalue weighted by Crippen LogP contribution is 2.26. The van der Waals surface area contributed by atoms with E-state index in [1.165, 1.54) is 26.2 Å². The molecule has 0 bridgehead atoms. The van der Waals surface area contributed by atoms with E-state index in [9.17, 15) is 9.18 Å². The summed E-state index contributed by atoms with van der Waals surface area (Å²) in [5.74, 6) is 0.602. The van der Waals surface area contributed by atoms with Crippen LogP contribution in [0.2, 0.25) is 0 Å². The maximum absolute atomic E-state index is 13.6. The van der Waals surface area contributed by atoms with Crippen molar-refractivity contribution in [3.05, 3.63) is 5.82 Å². The maximum Gasteiger partial charge on any atom is 0.234 e. The molecule has 1 N–H and O–H groups in total. The monoisotopic (exact) mass is 295 g/mol. The summed E-state index contributed by atoms with van der Waals surface area (Å²) in [6.07, 6.45) is 5.02. The molecule has 0 aliphatic heterocycles. The molecule has 1 atom stereocenters. The Bertz CT molecular complexity index is 476. The van der Waals surface area contributed by atoms with Crippen molar-refractivity contribution in [2.45, 2.75) is 58.2 Å². The van der Waals surface area contributed by atoms with Crippen molar-refractivity contribution >= 4 is 18.3 Å². The van der Waals surface area contributed by atoms with E-state index < -0.39 is 6.17 Å². The quantitative estimate of drug-likeness (QED) is 0.817. The number of carbonyl (C=O) groups is 1. The number of carbonyl (C=O) groups excluding carboxylic acids is 1. The van der Waals surface area contributed by atoms with Gasteiger partial charge in [0, 0.05) is 12.6 Å². The number of anilines is 2. The number of nitrogens with one attached hydrogen (secondary N) is 1. The summed E-state index contributed by atoms with van der Waals surface area (Å²) in [6.45, 7) is 4.15. The van der Waals surface area contributed by atoms with Crippen LogP contribution in [0.5, 0.6) is 0 Å². The van der Waals surface area contributed by atoms with Crippen molar-refractivity contribution in [2.75, 3.05) is 16.8 Å². The SMILES string of the molecule is CCN(c1nc(NC=O)nc(C(C)F)n1)C1CCCCC1. The Morgan fingerprint density at radius 1 is 1.33 bits per heavy atom. The highest BCUT2D eigenvalue weighted by Gasteiger charge is 2.24. The molecule has 21 heavy (non-hydrogen) atoms. The molecule has 0 spiro atoms. The van der Waals surface area contributed by atoms with Crippen LogP contribution in [-0.4, -0.2) is 33.9 Å². The lowest BCUT2D eigenvalue weighted by Crippen LogP contribution is -2.38. The fraction of sp³-hybridized carbons (Fsp3) is 0.714. The minimum absolute atomic E-state index is 0.0543. The van der Waals surface area contributed by atoms with Gasteiger partial charge < -0.3 is 4.90 Å². The van der Waals surface area contributed by atoms with Crippen LogP contribution < -0.4 is 10.2 Å². The van der Waals surface area contributed by atoms with Gasteiger partial charge in [-0.05, 0) is 26.7 Å². The predicted molar refractivity (Wildman–Crippen MR) is 78.9 cm³/mol. The summed E-state index contributed by atoms with van der Waals surface area (Å²) in [6, 6.07) is 0.373. The van der Waals surface area contributed by atoms with E-state index in [0.717, 1.165) is 19.4 Å². The van der Waals surface area contributed by atoms with Gasteiger partial charge in [-0.2, -0.15) is 15.0 Å². The predicted octanol–water partition coefficient (Wildman–Crippen LogP) is 2.63. The van der Waals surface area contributed by atoms with Crippen LogP contribution in [-0.2, 0) is 4.79 Å². The molecule has 1 heterocycles. The van der Waals surface area contributed by atoms with Gasteiger partial charge in [-0.1, -0.05) is 19.3 Å². The molecule has 1 aliphatic carbocycles. The zero-order valence-corrected chi connectivity index (χ0v) is 12.5. The van der Waals surface area contributed by atoms with Crippen LogP contribution in [0.15, 0.2) is 0 Å². The van der Waals surface area contributed by atoms with E-state index in [1.54, 1.807) is 0 Å². The molecule has 0 saturated heterocycles. The number of amides is 1. The Hall–Kier alpha value is -1.79. The number of hydrogen-bond acceptors (Lipinski definition) is 5. The molecule has 7 heteroatoms. The number of nitrogens with zero attached hydrogens (tertiary/aromatic N) is 4. The molecule has 1 aromatic rings. The second kappa shape index (κ2) is 7.28. The Labute approximate surface area is 124 Å². The Balaban J connectivity index is 2.31. The maximum atomic E-state index is 13.6. The average molecular weight is 295 g/mol. The van der Waals surface area contributed by atoms with Gasteiger partial charge in [-0.25, -0.2) is 4.39 Å². The van der Waals surface area contributed by atoms with E-state index in [1.807, 2.05) is 6.92 Å². The Kier molecular flexibility index (Phi) is 5.41.